The lowest BCUT2D eigenvalue weighted by molar-refractivity contribution is 0.818. The Morgan fingerprint density at radius 2 is 2.16 bits per heavy atom. The summed E-state index contributed by atoms with van der Waals surface area (Å²) in [6.07, 6.45) is 0.498. The first-order chi connectivity index (χ1) is 8.97. The molecule has 4 nitrogen and oxygen atoms in total. The number of rotatable bonds is 3. The lowest BCUT2D eigenvalue weighted by Crippen LogP contribution is -2.20. The van der Waals surface area contributed by atoms with Gasteiger partial charge < -0.3 is 10.7 Å². The summed E-state index contributed by atoms with van der Waals surface area (Å²) in [6.45, 7) is 3.83. The number of hydrogen-bond acceptors (Lipinski definition) is 3. The standard InChI is InChI=1S/C14H16ClN3O/c1-8(2)12-13(16)17-11(18-14(12)19)7-9-4-3-5-10(15)6-9/h3-6,8H,7H2,1-2H3,(H3,16,17,18,19). The molecule has 0 amide bonds. The molecule has 0 aliphatic rings. The van der Waals surface area contributed by atoms with Crippen molar-refractivity contribution in [3.8, 4) is 0 Å². The molecule has 0 spiro atoms. The van der Waals surface area contributed by atoms with Crippen molar-refractivity contribution in [2.75, 3.05) is 5.73 Å². The topological polar surface area (TPSA) is 71.8 Å². The van der Waals surface area contributed by atoms with Crippen molar-refractivity contribution in [2.45, 2.75) is 26.2 Å². The zero-order chi connectivity index (χ0) is 14.0. The first kappa shape index (κ1) is 13.6. The van der Waals surface area contributed by atoms with Gasteiger partial charge >= 0.3 is 0 Å². The number of halogens is 1. The normalized spacial score (nSPS) is 10.9. The van der Waals surface area contributed by atoms with Gasteiger partial charge in [0.15, 0.2) is 0 Å². The predicted octanol–water partition coefficient (Wildman–Crippen LogP) is 2.72. The highest BCUT2D eigenvalue weighted by molar-refractivity contribution is 6.30. The van der Waals surface area contributed by atoms with Crippen LogP contribution < -0.4 is 11.3 Å². The quantitative estimate of drug-likeness (QED) is 0.906. The SMILES string of the molecule is CC(C)c1c(N)nc(Cc2cccc(Cl)c2)[nH]c1=O. The second kappa shape index (κ2) is 5.45. The van der Waals surface area contributed by atoms with Gasteiger partial charge in [0.05, 0.1) is 5.56 Å². The third-order valence-electron chi connectivity index (χ3n) is 2.87. The van der Waals surface area contributed by atoms with Gasteiger partial charge in [0.2, 0.25) is 0 Å². The van der Waals surface area contributed by atoms with Gasteiger partial charge in [0.1, 0.15) is 11.6 Å². The smallest absolute Gasteiger partial charge is 0.256 e. The van der Waals surface area contributed by atoms with Crippen molar-refractivity contribution in [2.24, 2.45) is 0 Å². The van der Waals surface area contributed by atoms with Gasteiger partial charge in [0, 0.05) is 11.4 Å². The van der Waals surface area contributed by atoms with Gasteiger partial charge in [0.25, 0.3) is 5.56 Å². The first-order valence-corrected chi connectivity index (χ1v) is 6.48. The fourth-order valence-corrected chi connectivity index (χ4v) is 2.24. The summed E-state index contributed by atoms with van der Waals surface area (Å²) in [7, 11) is 0. The molecule has 1 aromatic heterocycles. The van der Waals surface area contributed by atoms with E-state index in [9.17, 15) is 4.79 Å². The highest BCUT2D eigenvalue weighted by Gasteiger charge is 2.12. The second-order valence-electron chi connectivity index (χ2n) is 4.77. The van der Waals surface area contributed by atoms with Crippen LogP contribution in [0.5, 0.6) is 0 Å². The van der Waals surface area contributed by atoms with Crippen molar-refractivity contribution in [1.29, 1.82) is 0 Å². The molecule has 1 heterocycles. The minimum atomic E-state index is -0.167. The maximum absolute atomic E-state index is 12.0. The van der Waals surface area contributed by atoms with Gasteiger partial charge in [-0.05, 0) is 23.6 Å². The molecule has 0 bridgehead atoms. The van der Waals surface area contributed by atoms with Crippen LogP contribution in [-0.4, -0.2) is 9.97 Å². The van der Waals surface area contributed by atoms with E-state index >= 15 is 0 Å². The van der Waals surface area contributed by atoms with Crippen molar-refractivity contribution >= 4 is 17.4 Å². The van der Waals surface area contributed by atoms with E-state index in [0.717, 1.165) is 5.56 Å². The third kappa shape index (κ3) is 3.15. The van der Waals surface area contributed by atoms with E-state index in [1.807, 2.05) is 32.0 Å². The molecule has 1 aromatic carbocycles. The summed E-state index contributed by atoms with van der Waals surface area (Å²) >= 11 is 5.92. The van der Waals surface area contributed by atoms with Crippen LogP contribution in [0.15, 0.2) is 29.1 Å². The van der Waals surface area contributed by atoms with Gasteiger partial charge in [-0.3, -0.25) is 4.79 Å². The molecular formula is C14H16ClN3O. The number of hydrogen-bond donors (Lipinski definition) is 2. The number of aromatic amines is 1. The van der Waals surface area contributed by atoms with E-state index in [4.69, 9.17) is 17.3 Å². The Bertz CT molecular complexity index is 649. The Morgan fingerprint density at radius 1 is 1.42 bits per heavy atom. The summed E-state index contributed by atoms with van der Waals surface area (Å²) in [5.74, 6) is 0.904. The highest BCUT2D eigenvalue weighted by atomic mass is 35.5. The number of nitrogens with one attached hydrogen (secondary N) is 1. The first-order valence-electron chi connectivity index (χ1n) is 6.10. The van der Waals surface area contributed by atoms with Crippen LogP contribution in [0, 0.1) is 0 Å². The van der Waals surface area contributed by atoms with Crippen LogP contribution in [-0.2, 0) is 6.42 Å². The molecule has 0 fully saturated rings. The molecule has 0 saturated heterocycles. The molecule has 100 valence electrons. The lowest BCUT2D eigenvalue weighted by Gasteiger charge is -2.09. The third-order valence-corrected chi connectivity index (χ3v) is 3.11. The molecular weight excluding hydrogens is 262 g/mol. The highest BCUT2D eigenvalue weighted by Crippen LogP contribution is 2.17. The van der Waals surface area contributed by atoms with E-state index in [0.29, 0.717) is 28.6 Å². The molecule has 0 radical (unpaired) electrons. The molecule has 3 N–H and O–H groups in total. The second-order valence-corrected chi connectivity index (χ2v) is 5.21. The molecule has 0 aliphatic heterocycles. The number of anilines is 1. The molecule has 0 unspecified atom stereocenters. The van der Waals surface area contributed by atoms with Crippen LogP contribution in [0.3, 0.4) is 0 Å². The van der Waals surface area contributed by atoms with Crippen LogP contribution in [0.2, 0.25) is 5.02 Å². The zero-order valence-corrected chi connectivity index (χ0v) is 11.7. The molecule has 19 heavy (non-hydrogen) atoms. The van der Waals surface area contributed by atoms with Gasteiger partial charge in [-0.25, -0.2) is 4.98 Å². The van der Waals surface area contributed by atoms with Crippen molar-refractivity contribution < 1.29 is 0 Å². The predicted molar refractivity (Wildman–Crippen MR) is 77.6 cm³/mol. The van der Waals surface area contributed by atoms with E-state index in [1.54, 1.807) is 6.07 Å². The molecule has 0 saturated carbocycles. The Morgan fingerprint density at radius 3 is 2.74 bits per heavy atom. The summed E-state index contributed by atoms with van der Waals surface area (Å²) in [4.78, 5) is 19.0. The molecule has 2 rings (SSSR count). The van der Waals surface area contributed by atoms with Crippen molar-refractivity contribution in [3.05, 3.63) is 56.6 Å². The Balaban J connectivity index is 2.35. The van der Waals surface area contributed by atoms with E-state index in [2.05, 4.69) is 9.97 Å². The minimum Gasteiger partial charge on any atom is -0.383 e. The van der Waals surface area contributed by atoms with E-state index in [1.165, 1.54) is 0 Å². The Kier molecular flexibility index (Phi) is 3.90. The summed E-state index contributed by atoms with van der Waals surface area (Å²) in [6, 6.07) is 7.44. The van der Waals surface area contributed by atoms with Crippen LogP contribution in [0.4, 0.5) is 5.82 Å². The average molecular weight is 278 g/mol. The van der Waals surface area contributed by atoms with E-state index < -0.39 is 0 Å². The number of aromatic nitrogens is 2. The average Bonchev–Trinajstić information content (AvgIpc) is 2.27. The minimum absolute atomic E-state index is 0.0523. The number of H-pyrrole nitrogens is 1. The summed E-state index contributed by atoms with van der Waals surface area (Å²) in [5, 5.41) is 0.659. The largest absolute Gasteiger partial charge is 0.383 e. The molecule has 0 aliphatic carbocycles. The summed E-state index contributed by atoms with van der Waals surface area (Å²) in [5.41, 5.74) is 7.20. The van der Waals surface area contributed by atoms with Crippen molar-refractivity contribution in [1.82, 2.24) is 9.97 Å². The van der Waals surface area contributed by atoms with Crippen LogP contribution >= 0.6 is 11.6 Å². The monoisotopic (exact) mass is 277 g/mol. The maximum atomic E-state index is 12.0. The molecule has 0 atom stereocenters. The zero-order valence-electron chi connectivity index (χ0n) is 10.9. The molecule has 5 heteroatoms. The van der Waals surface area contributed by atoms with Gasteiger partial charge in [-0.1, -0.05) is 37.6 Å². The molecule has 2 aromatic rings. The van der Waals surface area contributed by atoms with Crippen LogP contribution in [0.1, 0.15) is 36.7 Å². The lowest BCUT2D eigenvalue weighted by atomic mass is 10.1. The Hall–Kier alpha value is -1.81. The maximum Gasteiger partial charge on any atom is 0.256 e. The number of nitrogens with zero attached hydrogens (tertiary/aromatic N) is 1. The van der Waals surface area contributed by atoms with Crippen LogP contribution in [0.25, 0.3) is 0 Å². The fraction of sp³-hybridized carbons (Fsp3) is 0.286. The number of nitrogen functional groups attached to an aromatic ring is 1. The van der Waals surface area contributed by atoms with Gasteiger partial charge in [-0.2, -0.15) is 0 Å². The van der Waals surface area contributed by atoms with Gasteiger partial charge in [-0.15, -0.1) is 0 Å². The number of nitrogens with two attached hydrogens (primary N) is 1. The fourth-order valence-electron chi connectivity index (χ4n) is 2.03. The van der Waals surface area contributed by atoms with E-state index in [-0.39, 0.29) is 11.5 Å². The Labute approximate surface area is 116 Å². The number of benzene rings is 1. The van der Waals surface area contributed by atoms with Crippen molar-refractivity contribution in [3.63, 3.8) is 0 Å². The summed E-state index contributed by atoms with van der Waals surface area (Å²) < 4.78 is 0.